The van der Waals surface area contributed by atoms with Crippen molar-refractivity contribution in [3.05, 3.63) is 18.0 Å². The Labute approximate surface area is 76.7 Å². The lowest BCUT2D eigenvalue weighted by Crippen LogP contribution is -2.23. The van der Waals surface area contributed by atoms with Crippen molar-refractivity contribution in [1.29, 1.82) is 0 Å². The summed E-state index contributed by atoms with van der Waals surface area (Å²) in [6.07, 6.45) is 1.82. The summed E-state index contributed by atoms with van der Waals surface area (Å²) in [5.74, 6) is -0.392. The molecule has 5 heteroatoms. The summed E-state index contributed by atoms with van der Waals surface area (Å²) in [5, 5.41) is 4.05. The minimum atomic E-state index is -0.392. The lowest BCUT2D eigenvalue weighted by Gasteiger charge is -2.10. The molecule has 0 spiro atoms. The first kappa shape index (κ1) is 9.73. The van der Waals surface area contributed by atoms with Gasteiger partial charge in [-0.25, -0.2) is 0 Å². The van der Waals surface area contributed by atoms with E-state index in [0.29, 0.717) is 0 Å². The summed E-state index contributed by atoms with van der Waals surface area (Å²) in [5.41, 5.74) is 11.6. The first-order valence-electron chi connectivity index (χ1n) is 4.20. The second-order valence-electron chi connectivity index (χ2n) is 2.85. The van der Waals surface area contributed by atoms with Gasteiger partial charge in [0.2, 0.25) is 5.91 Å². The highest BCUT2D eigenvalue weighted by Crippen LogP contribution is 2.12. The molecule has 0 aliphatic rings. The number of carbonyl (C=O) groups excluding carboxylic acids is 1. The van der Waals surface area contributed by atoms with Gasteiger partial charge in [-0.15, -0.1) is 0 Å². The van der Waals surface area contributed by atoms with Gasteiger partial charge in [0, 0.05) is 19.2 Å². The van der Waals surface area contributed by atoms with Crippen molar-refractivity contribution >= 4 is 5.91 Å². The molecule has 1 aromatic rings. The van der Waals surface area contributed by atoms with Crippen molar-refractivity contribution in [1.82, 2.24) is 9.78 Å². The first-order valence-corrected chi connectivity index (χ1v) is 4.20. The van der Waals surface area contributed by atoms with Gasteiger partial charge in [-0.1, -0.05) is 0 Å². The Bertz CT molecular complexity index is 294. The van der Waals surface area contributed by atoms with E-state index in [1.54, 1.807) is 16.9 Å². The van der Waals surface area contributed by atoms with Gasteiger partial charge in [0.1, 0.15) is 0 Å². The fourth-order valence-corrected chi connectivity index (χ4v) is 1.24. The second kappa shape index (κ2) is 4.04. The molecule has 0 saturated heterocycles. The van der Waals surface area contributed by atoms with E-state index in [1.807, 2.05) is 6.92 Å². The van der Waals surface area contributed by atoms with E-state index in [4.69, 9.17) is 11.5 Å². The van der Waals surface area contributed by atoms with E-state index in [0.717, 1.165) is 12.2 Å². The molecule has 1 amide bonds. The van der Waals surface area contributed by atoms with Gasteiger partial charge in [0.05, 0.1) is 11.7 Å². The van der Waals surface area contributed by atoms with E-state index in [-0.39, 0.29) is 12.5 Å². The van der Waals surface area contributed by atoms with Crippen LogP contribution in [0.15, 0.2) is 12.3 Å². The maximum Gasteiger partial charge on any atom is 0.219 e. The van der Waals surface area contributed by atoms with Crippen LogP contribution in [0.25, 0.3) is 0 Å². The molecule has 0 saturated carbocycles. The van der Waals surface area contributed by atoms with Crippen molar-refractivity contribution in [3.8, 4) is 0 Å². The normalized spacial score (nSPS) is 12.8. The van der Waals surface area contributed by atoms with Crippen molar-refractivity contribution < 1.29 is 4.79 Å². The van der Waals surface area contributed by atoms with E-state index >= 15 is 0 Å². The zero-order valence-corrected chi connectivity index (χ0v) is 7.60. The van der Waals surface area contributed by atoms with Gasteiger partial charge in [0.15, 0.2) is 0 Å². The highest BCUT2D eigenvalue weighted by molar-refractivity contribution is 5.74. The second-order valence-corrected chi connectivity index (χ2v) is 2.85. The van der Waals surface area contributed by atoms with Gasteiger partial charge in [0.25, 0.3) is 0 Å². The number of hydrogen-bond donors (Lipinski definition) is 2. The Morgan fingerprint density at radius 3 is 3.00 bits per heavy atom. The molecule has 0 bridgehead atoms. The number of nitrogens with zero attached hydrogens (tertiary/aromatic N) is 2. The van der Waals surface area contributed by atoms with Crippen LogP contribution < -0.4 is 11.5 Å². The van der Waals surface area contributed by atoms with Crippen molar-refractivity contribution in [2.24, 2.45) is 11.5 Å². The van der Waals surface area contributed by atoms with Crippen LogP contribution in [0.2, 0.25) is 0 Å². The lowest BCUT2D eigenvalue weighted by molar-refractivity contribution is -0.118. The molecule has 1 aromatic heterocycles. The largest absolute Gasteiger partial charge is 0.370 e. The fourth-order valence-electron chi connectivity index (χ4n) is 1.24. The highest BCUT2D eigenvalue weighted by Gasteiger charge is 2.12. The molecular formula is C8H14N4O. The molecule has 0 radical (unpaired) electrons. The monoisotopic (exact) mass is 182 g/mol. The number of amides is 1. The third-order valence-electron chi connectivity index (χ3n) is 1.85. The van der Waals surface area contributed by atoms with Gasteiger partial charge in [-0.2, -0.15) is 5.10 Å². The third kappa shape index (κ3) is 2.29. The van der Waals surface area contributed by atoms with Crippen LogP contribution in [-0.2, 0) is 11.3 Å². The SMILES string of the molecule is CCn1nccc1[C@@H](N)CC(N)=O. The molecule has 4 N–H and O–H groups in total. The van der Waals surface area contributed by atoms with Gasteiger partial charge in [-0.3, -0.25) is 9.48 Å². The average Bonchev–Trinajstić information content (AvgIpc) is 2.49. The molecular weight excluding hydrogens is 168 g/mol. The molecule has 5 nitrogen and oxygen atoms in total. The zero-order valence-electron chi connectivity index (χ0n) is 7.60. The third-order valence-corrected chi connectivity index (χ3v) is 1.85. The minimum absolute atomic E-state index is 0.158. The van der Waals surface area contributed by atoms with Crippen LogP contribution in [0.4, 0.5) is 0 Å². The van der Waals surface area contributed by atoms with Crippen molar-refractivity contribution in [2.45, 2.75) is 25.9 Å². The first-order chi connectivity index (χ1) is 6.15. The standard InChI is InChI=1S/C8H14N4O/c1-2-12-7(3-4-11-12)6(9)5-8(10)13/h3-4,6H,2,5,9H2,1H3,(H2,10,13)/t6-/m0/s1. The lowest BCUT2D eigenvalue weighted by atomic mass is 10.1. The van der Waals surface area contributed by atoms with E-state index < -0.39 is 5.91 Å². The quantitative estimate of drug-likeness (QED) is 0.674. The number of aromatic nitrogens is 2. The molecule has 0 unspecified atom stereocenters. The molecule has 72 valence electrons. The number of carbonyl (C=O) groups is 1. The van der Waals surface area contributed by atoms with Crippen LogP contribution in [-0.4, -0.2) is 15.7 Å². The summed E-state index contributed by atoms with van der Waals surface area (Å²) in [4.78, 5) is 10.6. The predicted octanol–water partition coefficient (Wildman–Crippen LogP) is -0.222. The Kier molecular flexibility index (Phi) is 3.02. The number of aryl methyl sites for hydroxylation is 1. The fraction of sp³-hybridized carbons (Fsp3) is 0.500. The Balaban J connectivity index is 2.75. The highest BCUT2D eigenvalue weighted by atomic mass is 16.1. The van der Waals surface area contributed by atoms with Gasteiger partial charge >= 0.3 is 0 Å². The van der Waals surface area contributed by atoms with Crippen LogP contribution in [0.3, 0.4) is 0 Å². The van der Waals surface area contributed by atoms with E-state index in [1.165, 1.54) is 0 Å². The van der Waals surface area contributed by atoms with Crippen molar-refractivity contribution in [3.63, 3.8) is 0 Å². The summed E-state index contributed by atoms with van der Waals surface area (Å²) < 4.78 is 1.76. The van der Waals surface area contributed by atoms with E-state index in [2.05, 4.69) is 5.10 Å². The van der Waals surface area contributed by atoms with E-state index in [9.17, 15) is 4.79 Å². The molecule has 0 aliphatic carbocycles. The Hall–Kier alpha value is -1.36. The molecule has 1 rings (SSSR count). The Morgan fingerprint density at radius 1 is 1.77 bits per heavy atom. The predicted molar refractivity (Wildman–Crippen MR) is 48.6 cm³/mol. The molecule has 0 aromatic carbocycles. The summed E-state index contributed by atoms with van der Waals surface area (Å²) >= 11 is 0. The zero-order chi connectivity index (χ0) is 9.84. The smallest absolute Gasteiger partial charge is 0.219 e. The van der Waals surface area contributed by atoms with Crippen LogP contribution >= 0.6 is 0 Å². The van der Waals surface area contributed by atoms with Crippen LogP contribution in [0.5, 0.6) is 0 Å². The summed E-state index contributed by atoms with van der Waals surface area (Å²) in [6.45, 7) is 2.71. The molecule has 1 heterocycles. The molecule has 1 atom stereocenters. The van der Waals surface area contributed by atoms with Gasteiger partial charge < -0.3 is 11.5 Å². The maximum absolute atomic E-state index is 10.6. The number of primary amides is 1. The van der Waals surface area contributed by atoms with Crippen molar-refractivity contribution in [2.75, 3.05) is 0 Å². The van der Waals surface area contributed by atoms with Crippen LogP contribution in [0.1, 0.15) is 25.1 Å². The summed E-state index contributed by atoms with van der Waals surface area (Å²) in [7, 11) is 0. The van der Waals surface area contributed by atoms with Gasteiger partial charge in [-0.05, 0) is 13.0 Å². The maximum atomic E-state index is 10.6. The minimum Gasteiger partial charge on any atom is -0.370 e. The Morgan fingerprint density at radius 2 is 2.46 bits per heavy atom. The average molecular weight is 182 g/mol. The molecule has 0 aliphatic heterocycles. The molecule has 0 fully saturated rings. The topological polar surface area (TPSA) is 86.9 Å². The number of rotatable bonds is 4. The molecule has 13 heavy (non-hydrogen) atoms. The number of nitrogens with two attached hydrogens (primary N) is 2. The summed E-state index contributed by atoms with van der Waals surface area (Å²) in [6, 6.07) is 1.46. The van der Waals surface area contributed by atoms with Crippen LogP contribution in [0, 0.1) is 0 Å². The number of hydrogen-bond acceptors (Lipinski definition) is 3.